The number of para-hydroxylation sites is 1. The van der Waals surface area contributed by atoms with Gasteiger partial charge in [-0.15, -0.1) is 5.10 Å². The Morgan fingerprint density at radius 1 is 1.36 bits per heavy atom. The lowest BCUT2D eigenvalue weighted by Crippen LogP contribution is -2.44. The monoisotopic (exact) mass is 359 g/mol. The van der Waals surface area contributed by atoms with Gasteiger partial charge < -0.3 is 15.4 Å². The van der Waals surface area contributed by atoms with E-state index in [0.29, 0.717) is 22.2 Å². The first-order valence-corrected chi connectivity index (χ1v) is 8.70. The van der Waals surface area contributed by atoms with Crippen LogP contribution in [0.5, 0.6) is 0 Å². The maximum Gasteiger partial charge on any atom is 0.337 e. The molecular formula is C16H17N5O3S. The number of nitrogens with one attached hydrogen (secondary N) is 2. The molecule has 8 nitrogen and oxygen atoms in total. The van der Waals surface area contributed by atoms with Crippen LogP contribution in [0.3, 0.4) is 0 Å². The first kappa shape index (κ1) is 17.0. The van der Waals surface area contributed by atoms with Crippen LogP contribution in [-0.4, -0.2) is 45.7 Å². The number of amides is 2. The predicted octanol–water partition coefficient (Wildman–Crippen LogP) is 1.49. The second kappa shape index (κ2) is 7.84. The van der Waals surface area contributed by atoms with Crippen LogP contribution in [0, 0.1) is 0 Å². The molecule has 2 N–H and O–H groups in total. The summed E-state index contributed by atoms with van der Waals surface area (Å²) < 4.78 is 6.70. The molecule has 9 heteroatoms. The highest BCUT2D eigenvalue weighted by molar-refractivity contribution is 7.99. The molecular weight excluding hydrogens is 342 g/mol. The quantitative estimate of drug-likeness (QED) is 0.599. The van der Waals surface area contributed by atoms with E-state index in [9.17, 15) is 9.59 Å². The summed E-state index contributed by atoms with van der Waals surface area (Å²) in [5.74, 6) is -0.0752. The first-order chi connectivity index (χ1) is 12.2. The number of carbonyl (C=O) groups is 2. The van der Waals surface area contributed by atoms with Crippen molar-refractivity contribution in [2.24, 2.45) is 0 Å². The van der Waals surface area contributed by atoms with Gasteiger partial charge in [-0.3, -0.25) is 0 Å². The second-order valence-electron chi connectivity index (χ2n) is 5.08. The average molecular weight is 359 g/mol. The van der Waals surface area contributed by atoms with E-state index in [4.69, 9.17) is 4.74 Å². The Balaban J connectivity index is 1.71. The summed E-state index contributed by atoms with van der Waals surface area (Å²) in [6.07, 6.45) is 1.62. The van der Waals surface area contributed by atoms with E-state index in [-0.39, 0.29) is 19.2 Å². The maximum atomic E-state index is 12.0. The third-order valence-electron chi connectivity index (χ3n) is 3.41. The third kappa shape index (κ3) is 4.18. The molecule has 130 valence electrons. The highest BCUT2D eigenvalue weighted by Crippen LogP contribution is 2.19. The van der Waals surface area contributed by atoms with Gasteiger partial charge in [0.1, 0.15) is 6.33 Å². The molecule has 0 unspecified atom stereocenters. The zero-order valence-corrected chi connectivity index (χ0v) is 14.4. The number of carbonyl (C=O) groups excluding carboxylic acids is 2. The molecule has 0 aliphatic carbocycles. The fourth-order valence-electron chi connectivity index (χ4n) is 2.22. The van der Waals surface area contributed by atoms with Crippen LogP contribution in [-0.2, 0) is 9.53 Å². The molecule has 1 aromatic heterocycles. The van der Waals surface area contributed by atoms with Gasteiger partial charge in [-0.1, -0.05) is 30.0 Å². The van der Waals surface area contributed by atoms with Crippen molar-refractivity contribution in [2.75, 3.05) is 18.9 Å². The van der Waals surface area contributed by atoms with Gasteiger partial charge in [-0.2, -0.15) is 0 Å². The molecule has 1 aliphatic heterocycles. The molecule has 0 saturated heterocycles. The molecule has 0 radical (unpaired) electrons. The Morgan fingerprint density at radius 3 is 2.92 bits per heavy atom. The minimum absolute atomic E-state index is 0.145. The summed E-state index contributed by atoms with van der Waals surface area (Å²) >= 11 is 1.33. The molecule has 0 bridgehead atoms. The van der Waals surface area contributed by atoms with Crippen molar-refractivity contribution in [1.29, 1.82) is 0 Å². The van der Waals surface area contributed by atoms with Crippen LogP contribution < -0.4 is 10.6 Å². The summed E-state index contributed by atoms with van der Waals surface area (Å²) in [5, 5.41) is 10.2. The zero-order chi connectivity index (χ0) is 17.6. The molecule has 1 aliphatic rings. The van der Waals surface area contributed by atoms with Crippen molar-refractivity contribution in [3.63, 3.8) is 0 Å². The van der Waals surface area contributed by atoms with Crippen LogP contribution in [0.2, 0.25) is 0 Å². The smallest absolute Gasteiger partial charge is 0.337 e. The number of rotatable bonds is 6. The molecule has 2 heterocycles. The van der Waals surface area contributed by atoms with E-state index >= 15 is 0 Å². The predicted molar refractivity (Wildman–Crippen MR) is 92.3 cm³/mol. The lowest BCUT2D eigenvalue weighted by atomic mass is 10.2. The van der Waals surface area contributed by atoms with Gasteiger partial charge >= 0.3 is 12.0 Å². The van der Waals surface area contributed by atoms with Crippen molar-refractivity contribution in [3.8, 4) is 5.69 Å². The van der Waals surface area contributed by atoms with Crippen LogP contribution in [0.1, 0.15) is 6.92 Å². The Bertz CT molecular complexity index is 803. The molecule has 0 fully saturated rings. The minimum Gasteiger partial charge on any atom is -0.463 e. The lowest BCUT2D eigenvalue weighted by Gasteiger charge is -2.20. The number of hydrogen-bond donors (Lipinski definition) is 2. The normalized spacial score (nSPS) is 14.0. The molecule has 0 atom stereocenters. The van der Waals surface area contributed by atoms with Gasteiger partial charge in [0.05, 0.1) is 24.4 Å². The van der Waals surface area contributed by atoms with Gasteiger partial charge in [0.2, 0.25) is 5.16 Å². The average Bonchev–Trinajstić information content (AvgIpc) is 3.10. The number of urea groups is 1. The standard InChI is InChI=1S/C16H17N5O3S/c1-2-24-14(22)12-8-17-15(23)19-13(12)9-25-16-18-10-21(20-16)11-6-4-3-5-7-11/h3-7,10H,2,8-9H2,1H3,(H2,17,19,23). The fraction of sp³-hybridized carbons (Fsp3) is 0.250. The van der Waals surface area contributed by atoms with Crippen molar-refractivity contribution in [3.05, 3.63) is 47.9 Å². The molecule has 0 saturated carbocycles. The number of esters is 1. The van der Waals surface area contributed by atoms with Crippen LogP contribution in [0.25, 0.3) is 5.69 Å². The fourth-order valence-corrected chi connectivity index (χ4v) is 3.01. The topological polar surface area (TPSA) is 98.1 Å². The summed E-state index contributed by atoms with van der Waals surface area (Å²) in [6, 6.07) is 9.29. The van der Waals surface area contributed by atoms with E-state index in [1.54, 1.807) is 17.9 Å². The van der Waals surface area contributed by atoms with E-state index in [0.717, 1.165) is 5.69 Å². The zero-order valence-electron chi connectivity index (χ0n) is 13.6. The largest absolute Gasteiger partial charge is 0.463 e. The van der Waals surface area contributed by atoms with Crippen molar-refractivity contribution in [1.82, 2.24) is 25.4 Å². The Morgan fingerprint density at radius 2 is 2.16 bits per heavy atom. The maximum absolute atomic E-state index is 12.0. The molecule has 0 spiro atoms. The van der Waals surface area contributed by atoms with Crippen LogP contribution in [0.4, 0.5) is 4.79 Å². The molecule has 2 amide bonds. The van der Waals surface area contributed by atoms with Crippen molar-refractivity contribution < 1.29 is 14.3 Å². The highest BCUT2D eigenvalue weighted by atomic mass is 32.2. The molecule has 2 aromatic rings. The Hall–Kier alpha value is -2.81. The molecule has 25 heavy (non-hydrogen) atoms. The van der Waals surface area contributed by atoms with Gasteiger partial charge in [0.25, 0.3) is 0 Å². The SMILES string of the molecule is CCOC(=O)C1=C(CSc2ncn(-c3ccccc3)n2)NC(=O)NC1. The summed E-state index contributed by atoms with van der Waals surface area (Å²) in [7, 11) is 0. The van der Waals surface area contributed by atoms with Gasteiger partial charge in [-0.05, 0) is 19.1 Å². The second-order valence-corrected chi connectivity index (χ2v) is 6.02. The van der Waals surface area contributed by atoms with Gasteiger partial charge in [-0.25, -0.2) is 19.3 Å². The minimum atomic E-state index is -0.437. The van der Waals surface area contributed by atoms with Crippen LogP contribution >= 0.6 is 11.8 Å². The van der Waals surface area contributed by atoms with E-state index in [2.05, 4.69) is 20.7 Å². The number of aromatic nitrogens is 3. The first-order valence-electron chi connectivity index (χ1n) is 7.71. The van der Waals surface area contributed by atoms with Gasteiger partial charge in [0, 0.05) is 11.4 Å². The lowest BCUT2D eigenvalue weighted by molar-refractivity contribution is -0.138. The van der Waals surface area contributed by atoms with Crippen molar-refractivity contribution in [2.45, 2.75) is 12.1 Å². The summed E-state index contributed by atoms with van der Waals surface area (Å²) in [6.45, 7) is 2.16. The number of hydrogen-bond acceptors (Lipinski definition) is 6. The Labute approximate surface area is 148 Å². The summed E-state index contributed by atoms with van der Waals surface area (Å²) in [4.78, 5) is 27.8. The Kier molecular flexibility index (Phi) is 5.34. The van der Waals surface area contributed by atoms with Crippen LogP contribution in [0.15, 0.2) is 53.1 Å². The number of ether oxygens (including phenoxy) is 1. The van der Waals surface area contributed by atoms with E-state index in [1.165, 1.54) is 11.8 Å². The van der Waals surface area contributed by atoms with E-state index < -0.39 is 5.97 Å². The number of nitrogens with zero attached hydrogens (tertiary/aromatic N) is 3. The van der Waals surface area contributed by atoms with E-state index in [1.807, 2.05) is 30.3 Å². The van der Waals surface area contributed by atoms with Gasteiger partial charge in [0.15, 0.2) is 0 Å². The third-order valence-corrected chi connectivity index (χ3v) is 4.29. The number of thioether (sulfide) groups is 1. The highest BCUT2D eigenvalue weighted by Gasteiger charge is 2.23. The number of benzene rings is 1. The molecule has 1 aromatic carbocycles. The summed E-state index contributed by atoms with van der Waals surface area (Å²) in [5.41, 5.74) is 1.84. The van der Waals surface area contributed by atoms with Crippen molar-refractivity contribution >= 4 is 23.8 Å². The molecule has 3 rings (SSSR count).